The number of hydrogen-bond acceptors (Lipinski definition) is 6. The number of carbonyl (C=O) groups excluding carboxylic acids is 2. The van der Waals surface area contributed by atoms with Crippen molar-refractivity contribution in [1.82, 2.24) is 15.0 Å². The average molecular weight is 629 g/mol. The topological polar surface area (TPSA) is 164 Å². The molecule has 11 nitrogen and oxygen atoms in total. The summed E-state index contributed by atoms with van der Waals surface area (Å²) >= 11 is 6.25. The maximum absolute atomic E-state index is 13.2. The second-order valence-corrected chi connectivity index (χ2v) is 14.0. The monoisotopic (exact) mass is 628 g/mol. The molecule has 0 fully saturated rings. The zero-order valence-electron chi connectivity index (χ0n) is 23.9. The molecule has 0 atom stereocenters. The third-order valence-electron chi connectivity index (χ3n) is 6.89. The van der Waals surface area contributed by atoms with Crippen LogP contribution < -0.4 is 14.8 Å². The van der Waals surface area contributed by atoms with Crippen LogP contribution in [0.15, 0.2) is 65.6 Å². The first kappa shape index (κ1) is 31.7. The van der Waals surface area contributed by atoms with Gasteiger partial charge < -0.3 is 15.0 Å². The van der Waals surface area contributed by atoms with Crippen LogP contribution in [-0.2, 0) is 20.7 Å². The van der Waals surface area contributed by atoms with Gasteiger partial charge in [-0.3, -0.25) is 29.0 Å². The summed E-state index contributed by atoms with van der Waals surface area (Å²) in [4.78, 5) is 38.9. The highest BCUT2D eigenvalue weighted by atomic mass is 35.5. The van der Waals surface area contributed by atoms with Crippen molar-refractivity contribution in [2.45, 2.75) is 38.0 Å². The van der Waals surface area contributed by atoms with Crippen LogP contribution in [0.2, 0.25) is 5.02 Å². The van der Waals surface area contributed by atoms with E-state index in [1.165, 1.54) is 0 Å². The highest BCUT2D eigenvalue weighted by Crippen LogP contribution is 2.29. The Morgan fingerprint density at radius 1 is 1.09 bits per heavy atom. The van der Waals surface area contributed by atoms with Gasteiger partial charge in [-0.1, -0.05) is 29.8 Å². The molecule has 0 radical (unpaired) electrons. The van der Waals surface area contributed by atoms with Gasteiger partial charge in [0.05, 0.1) is 16.4 Å². The first-order valence-electron chi connectivity index (χ1n) is 13.5. The second-order valence-electron chi connectivity index (χ2n) is 10.4. The fraction of sp³-hybridized carbons (Fsp3) is 0.267. The third-order valence-corrected chi connectivity index (χ3v) is 9.57. The molecule has 0 saturated carbocycles. The number of nitro groups is 1. The second kappa shape index (κ2) is 12.5. The molecular weight excluding hydrogens is 596 g/mol. The molecule has 0 aliphatic heterocycles. The van der Waals surface area contributed by atoms with Crippen molar-refractivity contribution >= 4 is 49.5 Å². The van der Waals surface area contributed by atoms with Gasteiger partial charge in [0.25, 0.3) is 11.6 Å². The molecule has 0 bridgehead atoms. The van der Waals surface area contributed by atoms with Gasteiger partial charge in [-0.05, 0) is 73.7 Å². The lowest BCUT2D eigenvalue weighted by Gasteiger charge is -2.39. The quantitative estimate of drug-likeness (QED) is 0.0915. The van der Waals surface area contributed by atoms with E-state index in [0.29, 0.717) is 30.2 Å². The van der Waals surface area contributed by atoms with Crippen LogP contribution in [0.4, 0.5) is 5.69 Å². The largest absolute Gasteiger partial charge is 0.494 e. The van der Waals surface area contributed by atoms with Crippen LogP contribution >= 0.6 is 11.6 Å². The van der Waals surface area contributed by atoms with E-state index in [-0.39, 0.29) is 23.5 Å². The molecule has 1 heterocycles. The van der Waals surface area contributed by atoms with Crippen LogP contribution in [0.5, 0.6) is 5.75 Å². The van der Waals surface area contributed by atoms with E-state index in [1.54, 1.807) is 0 Å². The fourth-order valence-electron chi connectivity index (χ4n) is 4.73. The molecule has 1 aromatic heterocycles. The van der Waals surface area contributed by atoms with E-state index in [4.69, 9.17) is 16.3 Å². The molecule has 0 aliphatic rings. The lowest BCUT2D eigenvalue weighted by atomic mass is 10.1. The number of rotatable bonds is 12. The van der Waals surface area contributed by atoms with Crippen molar-refractivity contribution in [3.8, 4) is 5.75 Å². The summed E-state index contributed by atoms with van der Waals surface area (Å²) in [6.45, 7) is 4.17. The van der Waals surface area contributed by atoms with Crippen LogP contribution in [0.1, 0.15) is 40.0 Å². The van der Waals surface area contributed by atoms with Gasteiger partial charge >= 0.3 is 0 Å². The van der Waals surface area contributed by atoms with Gasteiger partial charge in [0.1, 0.15) is 11.4 Å². The van der Waals surface area contributed by atoms with Gasteiger partial charge in [-0.25, -0.2) is 0 Å². The zero-order valence-corrected chi connectivity index (χ0v) is 25.5. The fourth-order valence-corrected chi connectivity index (χ4v) is 6.37. The minimum absolute atomic E-state index is 0.0962. The molecule has 0 aliphatic carbocycles. The summed E-state index contributed by atoms with van der Waals surface area (Å²) in [7, 11) is -4.84. The summed E-state index contributed by atoms with van der Waals surface area (Å²) in [5.74, 6) is -0.468. The molecule has 4 rings (SSSR count). The SMILES string of the molecule is Cc1cc(OCCCc2c(C(=O)NCCC(=O)NS(C)(=O)(O)c3ccc([N+](=O)[O-])cc3)[nH]c3ccccc23)cc(C)c1Cl. The van der Waals surface area contributed by atoms with Crippen molar-refractivity contribution in [3.63, 3.8) is 0 Å². The Labute approximate surface area is 253 Å². The van der Waals surface area contributed by atoms with Gasteiger partial charge in [0.2, 0.25) is 5.91 Å². The molecule has 3 aromatic carbocycles. The first-order valence-corrected chi connectivity index (χ1v) is 16.2. The number of benzene rings is 3. The Bertz CT molecular complexity index is 1740. The zero-order chi connectivity index (χ0) is 31.4. The number of nitrogens with one attached hydrogen (secondary N) is 3. The third kappa shape index (κ3) is 7.58. The highest BCUT2D eigenvalue weighted by molar-refractivity contribution is 8.13. The minimum Gasteiger partial charge on any atom is -0.494 e. The number of H-pyrrole nitrogens is 1. The molecule has 0 spiro atoms. The number of nitrogens with zero attached hydrogens (tertiary/aromatic N) is 1. The highest BCUT2D eigenvalue weighted by Gasteiger charge is 2.27. The smallest absolute Gasteiger partial charge is 0.269 e. The standard InChI is InChI=1S/C30H33ClN4O7S/c1-19-17-22(18-20(2)28(19)31)42-16-6-8-25-24-7-4-5-9-26(24)33-29(25)30(37)32-15-14-27(36)34-43(3,40,41)23-12-10-21(11-13-23)35(38)39/h4-5,7,9-13,17-18,33H,6,8,14-16H2,1-3H3,(H,32,37)(H2,34,36,40,41). The molecule has 0 saturated heterocycles. The normalized spacial score (nSPS) is 12.3. The number of carbonyl (C=O) groups is 2. The number of aryl methyl sites for hydroxylation is 3. The van der Waals surface area contributed by atoms with Crippen LogP contribution in [-0.4, -0.2) is 49.9 Å². The molecule has 13 heteroatoms. The summed E-state index contributed by atoms with van der Waals surface area (Å²) < 4.78 is 31.9. The Kier molecular flexibility index (Phi) is 9.24. The molecule has 4 aromatic rings. The maximum atomic E-state index is 13.2. The summed E-state index contributed by atoms with van der Waals surface area (Å²) in [5, 5.41) is 15.2. The number of hydrogen-bond donors (Lipinski definition) is 4. The molecule has 2 amide bonds. The van der Waals surface area contributed by atoms with E-state index >= 15 is 0 Å². The van der Waals surface area contributed by atoms with Crippen molar-refractivity contribution in [1.29, 1.82) is 0 Å². The summed E-state index contributed by atoms with van der Waals surface area (Å²) in [5.41, 5.74) is 3.59. The van der Waals surface area contributed by atoms with Crippen LogP contribution in [0.25, 0.3) is 10.9 Å². The molecule has 0 unspecified atom stereocenters. The minimum atomic E-state index is -4.84. The number of ether oxygens (including phenoxy) is 1. The number of para-hydroxylation sites is 1. The molecule has 43 heavy (non-hydrogen) atoms. The summed E-state index contributed by atoms with van der Waals surface area (Å²) in [6, 6.07) is 15.7. The number of non-ortho nitro benzene ring substituents is 1. The van der Waals surface area contributed by atoms with Gasteiger partial charge in [-0.15, -0.1) is 9.53 Å². The average Bonchev–Trinajstić information content (AvgIpc) is 3.32. The predicted octanol–water partition coefficient (Wildman–Crippen LogP) is 5.49. The predicted molar refractivity (Wildman–Crippen MR) is 166 cm³/mol. The molecule has 4 N–H and O–H groups in total. The Morgan fingerprint density at radius 3 is 2.40 bits per heavy atom. The maximum Gasteiger partial charge on any atom is 0.269 e. The number of aromatic nitrogens is 1. The van der Waals surface area contributed by atoms with Crippen LogP contribution in [0.3, 0.4) is 0 Å². The van der Waals surface area contributed by atoms with Gasteiger partial charge in [0, 0.05) is 47.3 Å². The van der Waals surface area contributed by atoms with Gasteiger partial charge in [-0.2, -0.15) is 4.21 Å². The van der Waals surface area contributed by atoms with E-state index in [2.05, 4.69) is 15.0 Å². The number of halogens is 1. The van der Waals surface area contributed by atoms with E-state index in [9.17, 15) is 28.5 Å². The Morgan fingerprint density at radius 2 is 1.74 bits per heavy atom. The lowest BCUT2D eigenvalue weighted by Crippen LogP contribution is -2.49. The lowest BCUT2D eigenvalue weighted by molar-refractivity contribution is -0.384. The number of amides is 2. The van der Waals surface area contributed by atoms with Crippen molar-refractivity contribution in [2.75, 3.05) is 19.4 Å². The van der Waals surface area contributed by atoms with Crippen molar-refractivity contribution in [3.05, 3.63) is 98.2 Å². The van der Waals surface area contributed by atoms with E-state index in [1.807, 2.05) is 50.2 Å². The van der Waals surface area contributed by atoms with E-state index < -0.39 is 26.3 Å². The molecule has 228 valence electrons. The number of aromatic amines is 1. The number of fused-ring (bicyclic) bond motifs is 1. The van der Waals surface area contributed by atoms with Gasteiger partial charge in [0.15, 0.2) is 0 Å². The Hall–Kier alpha value is -4.26. The van der Waals surface area contributed by atoms with Crippen molar-refractivity contribution in [2.24, 2.45) is 0 Å². The number of nitro benzene ring substituents is 1. The van der Waals surface area contributed by atoms with Crippen molar-refractivity contribution < 1.29 is 28.0 Å². The van der Waals surface area contributed by atoms with E-state index in [0.717, 1.165) is 63.9 Å². The Balaban J connectivity index is 1.36. The first-order chi connectivity index (χ1) is 20.2. The molecular formula is C30H33ClN4O7S. The summed E-state index contributed by atoms with van der Waals surface area (Å²) in [6.07, 6.45) is 1.87. The van der Waals surface area contributed by atoms with Crippen LogP contribution in [0, 0.1) is 24.0 Å².